The van der Waals surface area contributed by atoms with Crippen LogP contribution in [0.1, 0.15) is 0 Å². The average molecular weight is 255 g/mol. The second-order valence-corrected chi connectivity index (χ2v) is 4.09. The van der Waals surface area contributed by atoms with Gasteiger partial charge in [0.1, 0.15) is 0 Å². The Kier molecular flexibility index (Phi) is 3.17. The molecule has 1 aromatic rings. The number of nitro groups is 1. The van der Waals surface area contributed by atoms with Crippen LogP contribution >= 0.6 is 0 Å². The number of benzene rings is 1. The maximum Gasteiger partial charge on any atom is 0.475 e. The summed E-state index contributed by atoms with van der Waals surface area (Å²) < 4.78 is 46.9. The maximum absolute atomic E-state index is 12.0. The van der Waals surface area contributed by atoms with E-state index in [0.29, 0.717) is 18.2 Å². The predicted octanol–water partition coefficient (Wildman–Crippen LogP) is 1.93. The van der Waals surface area contributed by atoms with Crippen LogP contribution in [0, 0.1) is 10.1 Å². The lowest BCUT2D eigenvalue weighted by Crippen LogP contribution is -2.16. The molecule has 0 fully saturated rings. The highest BCUT2D eigenvalue weighted by atomic mass is 32.2. The molecule has 0 saturated carbocycles. The molecule has 1 N–H and O–H groups in total. The highest BCUT2D eigenvalue weighted by molar-refractivity contribution is 7.86. The molecule has 1 rings (SSSR count). The van der Waals surface area contributed by atoms with Crippen molar-refractivity contribution in [3.05, 3.63) is 28.3 Å². The van der Waals surface area contributed by atoms with Gasteiger partial charge in [-0.15, -0.1) is 0 Å². The second-order valence-electron chi connectivity index (χ2n) is 2.62. The van der Waals surface area contributed by atoms with Crippen molar-refractivity contribution < 1.29 is 27.4 Å². The molecular formula is C7H4F3NO4S. The van der Waals surface area contributed by atoms with Crippen molar-refractivity contribution in [1.82, 2.24) is 0 Å². The van der Waals surface area contributed by atoms with E-state index in [-0.39, 0.29) is 0 Å². The number of phenols is 1. The Morgan fingerprint density at radius 1 is 1.38 bits per heavy atom. The zero-order valence-electron chi connectivity index (χ0n) is 7.39. The fraction of sp³-hybridized carbons (Fsp3) is 0.143. The number of phenolic OH excluding ortho intramolecular Hbond substituents is 1. The molecule has 0 amide bonds. The summed E-state index contributed by atoms with van der Waals surface area (Å²) in [6.45, 7) is 0. The van der Waals surface area contributed by atoms with Crippen molar-refractivity contribution >= 4 is 16.5 Å². The first-order valence-electron chi connectivity index (χ1n) is 3.69. The lowest BCUT2D eigenvalue weighted by atomic mass is 10.3. The molecule has 88 valence electrons. The molecule has 9 heteroatoms. The Balaban J connectivity index is 3.24. The number of rotatable bonds is 2. The van der Waals surface area contributed by atoms with Crippen LogP contribution in [0.5, 0.6) is 5.75 Å². The number of halogens is 3. The van der Waals surface area contributed by atoms with Crippen LogP contribution in [0.25, 0.3) is 0 Å². The topological polar surface area (TPSA) is 80.4 Å². The van der Waals surface area contributed by atoms with Gasteiger partial charge in [0.05, 0.1) is 9.82 Å². The van der Waals surface area contributed by atoms with Crippen molar-refractivity contribution in [3.63, 3.8) is 0 Å². The third-order valence-corrected chi connectivity index (χ3v) is 2.67. The number of alkyl halides is 3. The van der Waals surface area contributed by atoms with Gasteiger partial charge in [0, 0.05) is 6.07 Å². The number of hydrogen-bond donors (Lipinski definition) is 1. The summed E-state index contributed by atoms with van der Waals surface area (Å²) in [5.41, 5.74) is -5.92. The molecular weight excluding hydrogens is 251 g/mol. The van der Waals surface area contributed by atoms with E-state index in [1.54, 1.807) is 0 Å². The minimum atomic E-state index is -5.00. The SMILES string of the molecule is O=[N+]([O-])c1cc([S@@](=O)C(F)(F)F)ccc1O. The fourth-order valence-electron chi connectivity index (χ4n) is 0.898. The minimum absolute atomic E-state index is 0.429. The van der Waals surface area contributed by atoms with Gasteiger partial charge in [-0.25, -0.2) is 4.21 Å². The van der Waals surface area contributed by atoms with Gasteiger partial charge in [-0.1, -0.05) is 0 Å². The molecule has 1 atom stereocenters. The quantitative estimate of drug-likeness (QED) is 0.646. The van der Waals surface area contributed by atoms with Crippen LogP contribution in [-0.4, -0.2) is 19.7 Å². The van der Waals surface area contributed by atoms with Gasteiger partial charge in [0.25, 0.3) is 0 Å². The molecule has 0 heterocycles. The second kappa shape index (κ2) is 4.08. The first-order valence-corrected chi connectivity index (χ1v) is 4.84. The number of nitrogens with zero attached hydrogens (tertiary/aromatic N) is 1. The van der Waals surface area contributed by atoms with Crippen LogP contribution in [0.3, 0.4) is 0 Å². The van der Waals surface area contributed by atoms with E-state index in [4.69, 9.17) is 5.11 Å². The summed E-state index contributed by atoms with van der Waals surface area (Å²) in [5.74, 6) is -0.784. The minimum Gasteiger partial charge on any atom is -0.502 e. The first-order chi connectivity index (χ1) is 7.23. The van der Waals surface area contributed by atoms with Gasteiger partial charge < -0.3 is 5.11 Å². The lowest BCUT2D eigenvalue weighted by Gasteiger charge is -2.05. The van der Waals surface area contributed by atoms with Crippen LogP contribution < -0.4 is 0 Å². The van der Waals surface area contributed by atoms with E-state index in [1.807, 2.05) is 0 Å². The molecule has 0 saturated heterocycles. The molecule has 0 radical (unpaired) electrons. The molecule has 0 spiro atoms. The van der Waals surface area contributed by atoms with E-state index in [9.17, 15) is 27.5 Å². The number of aromatic hydroxyl groups is 1. The zero-order chi connectivity index (χ0) is 12.5. The van der Waals surface area contributed by atoms with Crippen molar-refractivity contribution in [1.29, 1.82) is 0 Å². The normalized spacial score (nSPS) is 13.4. The van der Waals surface area contributed by atoms with Crippen molar-refractivity contribution in [3.8, 4) is 5.75 Å². The van der Waals surface area contributed by atoms with Crippen molar-refractivity contribution in [2.45, 2.75) is 10.4 Å². The predicted molar refractivity (Wildman–Crippen MR) is 47.2 cm³/mol. The highest BCUT2D eigenvalue weighted by Crippen LogP contribution is 2.32. The van der Waals surface area contributed by atoms with E-state index in [1.165, 1.54) is 0 Å². The molecule has 16 heavy (non-hydrogen) atoms. The maximum atomic E-state index is 12.0. The summed E-state index contributed by atoms with van der Waals surface area (Å²) in [6.07, 6.45) is 0. The van der Waals surface area contributed by atoms with Gasteiger partial charge in [0.2, 0.25) is 0 Å². The molecule has 0 aliphatic heterocycles. The van der Waals surface area contributed by atoms with Gasteiger partial charge in [0.15, 0.2) is 16.5 Å². The Morgan fingerprint density at radius 2 is 1.94 bits per heavy atom. The Hall–Kier alpha value is -1.64. The molecule has 0 bridgehead atoms. The standard InChI is InChI=1S/C7H4F3NO4S/c8-7(9,10)16(15)4-1-2-6(12)5(3-4)11(13)14/h1-3,12H/t16-/m1/s1. The van der Waals surface area contributed by atoms with Crippen LogP contribution in [0.15, 0.2) is 23.1 Å². The molecule has 0 aliphatic rings. The Morgan fingerprint density at radius 3 is 2.38 bits per heavy atom. The largest absolute Gasteiger partial charge is 0.502 e. The third kappa shape index (κ3) is 2.48. The zero-order valence-corrected chi connectivity index (χ0v) is 8.21. The molecule has 5 nitrogen and oxygen atoms in total. The summed E-state index contributed by atoms with van der Waals surface area (Å²) in [6, 6.07) is 1.84. The Bertz CT molecular complexity index is 459. The summed E-state index contributed by atoms with van der Waals surface area (Å²) in [4.78, 5) is 8.47. The van der Waals surface area contributed by atoms with Gasteiger partial charge >= 0.3 is 11.2 Å². The van der Waals surface area contributed by atoms with E-state index in [0.717, 1.165) is 0 Å². The third-order valence-electron chi connectivity index (χ3n) is 1.57. The monoisotopic (exact) mass is 255 g/mol. The summed E-state index contributed by atoms with van der Waals surface area (Å²) in [5, 5.41) is 19.3. The van der Waals surface area contributed by atoms with Crippen LogP contribution in [0.2, 0.25) is 0 Å². The molecule has 0 aromatic heterocycles. The molecule has 0 aliphatic carbocycles. The van der Waals surface area contributed by atoms with Gasteiger partial charge in [-0.2, -0.15) is 13.2 Å². The van der Waals surface area contributed by atoms with Gasteiger partial charge in [-0.3, -0.25) is 10.1 Å². The summed E-state index contributed by atoms with van der Waals surface area (Å²) >= 11 is 0. The Labute approximate surface area is 89.1 Å². The van der Waals surface area contributed by atoms with E-state index in [2.05, 4.69) is 0 Å². The van der Waals surface area contributed by atoms with E-state index >= 15 is 0 Å². The summed E-state index contributed by atoms with van der Waals surface area (Å²) in [7, 11) is -3.35. The first kappa shape index (κ1) is 12.4. The lowest BCUT2D eigenvalue weighted by molar-refractivity contribution is -0.386. The van der Waals surface area contributed by atoms with Crippen LogP contribution in [0.4, 0.5) is 18.9 Å². The van der Waals surface area contributed by atoms with Gasteiger partial charge in [-0.05, 0) is 12.1 Å². The van der Waals surface area contributed by atoms with Crippen LogP contribution in [-0.2, 0) is 10.8 Å². The fourth-order valence-corrected chi connectivity index (χ4v) is 1.58. The smallest absolute Gasteiger partial charge is 0.475 e. The van der Waals surface area contributed by atoms with E-state index < -0.39 is 37.6 Å². The number of nitro benzene ring substituents is 1. The average Bonchev–Trinajstić information content (AvgIpc) is 2.15. The highest BCUT2D eigenvalue weighted by Gasteiger charge is 2.38. The van der Waals surface area contributed by atoms with Crippen molar-refractivity contribution in [2.75, 3.05) is 0 Å². The molecule has 0 unspecified atom stereocenters. The van der Waals surface area contributed by atoms with Crippen molar-refractivity contribution in [2.24, 2.45) is 0 Å². The molecule has 1 aromatic carbocycles. The number of hydrogen-bond acceptors (Lipinski definition) is 4.